The molecule has 1 aliphatic heterocycles. The van der Waals surface area contributed by atoms with Gasteiger partial charge in [0, 0.05) is 24.7 Å². The van der Waals surface area contributed by atoms with Crippen LogP contribution in [0.1, 0.15) is 34.3 Å². The lowest BCUT2D eigenvalue weighted by molar-refractivity contribution is -0.137. The molecule has 0 saturated carbocycles. The summed E-state index contributed by atoms with van der Waals surface area (Å²) in [6.07, 6.45) is -3.15. The van der Waals surface area contributed by atoms with Gasteiger partial charge in [-0.3, -0.25) is 9.59 Å². The van der Waals surface area contributed by atoms with Gasteiger partial charge >= 0.3 is 6.18 Å². The average molecular weight is 497 g/mol. The molecular weight excluding hydrogens is 469 g/mol. The van der Waals surface area contributed by atoms with Gasteiger partial charge in [0.1, 0.15) is 5.75 Å². The first-order valence-electron chi connectivity index (χ1n) is 11.7. The van der Waals surface area contributed by atoms with Crippen molar-refractivity contribution in [1.29, 1.82) is 0 Å². The molecule has 1 fully saturated rings. The summed E-state index contributed by atoms with van der Waals surface area (Å²) in [4.78, 5) is 27.1. The van der Waals surface area contributed by atoms with Crippen molar-refractivity contribution >= 4 is 11.8 Å². The number of halogens is 3. The van der Waals surface area contributed by atoms with Crippen molar-refractivity contribution in [1.82, 2.24) is 10.2 Å². The lowest BCUT2D eigenvalue weighted by Crippen LogP contribution is -2.46. The van der Waals surface area contributed by atoms with Crippen molar-refractivity contribution in [3.05, 3.63) is 89.5 Å². The van der Waals surface area contributed by atoms with E-state index in [4.69, 9.17) is 4.74 Å². The summed E-state index contributed by atoms with van der Waals surface area (Å²) in [6, 6.07) is 19.7. The standard InChI is InChI=1S/C28H27F3N2O3/c1-36-25-4-2-3-22(18-25)20-7-9-21(10-8-20)27(35)33-15-13-24(14-16-33)32-26(34)17-19-5-11-23(12-6-19)28(29,30)31/h2-12,18,24H,13-17H2,1H3,(H,32,34). The van der Waals surface area contributed by atoms with Crippen LogP contribution in [0.25, 0.3) is 11.1 Å². The SMILES string of the molecule is COc1cccc(-c2ccc(C(=O)N3CCC(NC(=O)Cc4ccc(C(F)(F)F)cc4)CC3)cc2)c1. The molecule has 5 nitrogen and oxygen atoms in total. The number of methoxy groups -OCH3 is 1. The Hall–Kier alpha value is -3.81. The summed E-state index contributed by atoms with van der Waals surface area (Å²) in [5.41, 5.74) is 2.37. The van der Waals surface area contributed by atoms with Crippen LogP contribution in [0.5, 0.6) is 5.75 Å². The zero-order valence-corrected chi connectivity index (χ0v) is 19.8. The monoisotopic (exact) mass is 496 g/mol. The summed E-state index contributed by atoms with van der Waals surface area (Å²) in [7, 11) is 1.62. The van der Waals surface area contributed by atoms with Crippen molar-refractivity contribution < 1.29 is 27.5 Å². The van der Waals surface area contributed by atoms with Crippen LogP contribution < -0.4 is 10.1 Å². The summed E-state index contributed by atoms with van der Waals surface area (Å²) in [6.45, 7) is 1.03. The quantitative estimate of drug-likeness (QED) is 0.501. The van der Waals surface area contributed by atoms with Crippen molar-refractivity contribution in [2.75, 3.05) is 20.2 Å². The van der Waals surface area contributed by atoms with Crippen LogP contribution in [-0.2, 0) is 17.4 Å². The highest BCUT2D eigenvalue weighted by atomic mass is 19.4. The van der Waals surface area contributed by atoms with E-state index < -0.39 is 11.7 Å². The molecule has 0 aromatic heterocycles. The molecule has 2 amide bonds. The molecule has 1 N–H and O–H groups in total. The van der Waals surface area contributed by atoms with Gasteiger partial charge in [-0.05, 0) is 65.9 Å². The molecule has 4 rings (SSSR count). The number of rotatable bonds is 6. The number of carbonyl (C=O) groups is 2. The zero-order valence-electron chi connectivity index (χ0n) is 19.8. The lowest BCUT2D eigenvalue weighted by Gasteiger charge is -2.32. The molecule has 188 valence electrons. The minimum absolute atomic E-state index is 0.0108. The van der Waals surface area contributed by atoms with E-state index in [-0.39, 0.29) is 24.3 Å². The van der Waals surface area contributed by atoms with Gasteiger partial charge in [-0.1, -0.05) is 36.4 Å². The number of likely N-dealkylation sites (tertiary alicyclic amines) is 1. The fraction of sp³-hybridized carbons (Fsp3) is 0.286. The Morgan fingerprint density at radius 3 is 2.22 bits per heavy atom. The highest BCUT2D eigenvalue weighted by Gasteiger charge is 2.30. The Kier molecular flexibility index (Phi) is 7.62. The van der Waals surface area contributed by atoms with E-state index in [0.717, 1.165) is 29.0 Å². The van der Waals surface area contributed by atoms with Gasteiger partial charge in [0.2, 0.25) is 5.91 Å². The second-order valence-electron chi connectivity index (χ2n) is 8.81. The number of ether oxygens (including phenoxy) is 1. The first-order chi connectivity index (χ1) is 17.2. The van der Waals surface area contributed by atoms with Gasteiger partial charge in [0.15, 0.2) is 0 Å². The number of nitrogens with one attached hydrogen (secondary N) is 1. The normalized spacial score (nSPS) is 14.4. The number of piperidine rings is 1. The third-order valence-corrected chi connectivity index (χ3v) is 6.33. The first-order valence-corrected chi connectivity index (χ1v) is 11.7. The van der Waals surface area contributed by atoms with E-state index in [1.165, 1.54) is 12.1 Å². The smallest absolute Gasteiger partial charge is 0.416 e. The third kappa shape index (κ3) is 6.24. The van der Waals surface area contributed by atoms with E-state index in [1.807, 2.05) is 48.5 Å². The number of nitrogens with zero attached hydrogens (tertiary/aromatic N) is 1. The number of alkyl halides is 3. The Balaban J connectivity index is 1.27. The largest absolute Gasteiger partial charge is 0.497 e. The maximum atomic E-state index is 13.0. The third-order valence-electron chi connectivity index (χ3n) is 6.33. The van der Waals surface area contributed by atoms with E-state index in [1.54, 1.807) is 12.0 Å². The summed E-state index contributed by atoms with van der Waals surface area (Å²) in [5.74, 6) is 0.469. The highest BCUT2D eigenvalue weighted by molar-refractivity contribution is 5.94. The Bertz CT molecular complexity index is 1200. The maximum Gasteiger partial charge on any atom is 0.416 e. The number of amides is 2. The molecule has 1 aliphatic rings. The summed E-state index contributed by atoms with van der Waals surface area (Å²) >= 11 is 0. The number of hydrogen-bond acceptors (Lipinski definition) is 3. The highest BCUT2D eigenvalue weighted by Crippen LogP contribution is 2.29. The van der Waals surface area contributed by atoms with Crippen LogP contribution in [0.15, 0.2) is 72.8 Å². The minimum Gasteiger partial charge on any atom is -0.497 e. The molecule has 8 heteroatoms. The topological polar surface area (TPSA) is 58.6 Å². The zero-order chi connectivity index (χ0) is 25.7. The van der Waals surface area contributed by atoms with Crippen molar-refractivity contribution in [2.45, 2.75) is 31.5 Å². The van der Waals surface area contributed by atoms with Crippen LogP contribution in [0.4, 0.5) is 13.2 Å². The maximum absolute atomic E-state index is 13.0. The minimum atomic E-state index is -4.40. The number of benzene rings is 3. The first kappa shape index (κ1) is 25.3. The van der Waals surface area contributed by atoms with E-state index in [2.05, 4.69) is 5.32 Å². The average Bonchev–Trinajstić information content (AvgIpc) is 2.88. The summed E-state index contributed by atoms with van der Waals surface area (Å²) in [5, 5.41) is 2.94. The van der Waals surface area contributed by atoms with Crippen molar-refractivity contribution in [2.24, 2.45) is 0 Å². The molecular formula is C28H27F3N2O3. The van der Waals surface area contributed by atoms with Gasteiger partial charge in [0.25, 0.3) is 5.91 Å². The van der Waals surface area contributed by atoms with Crippen LogP contribution in [0.2, 0.25) is 0 Å². The Morgan fingerprint density at radius 2 is 1.61 bits per heavy atom. The number of carbonyl (C=O) groups excluding carboxylic acids is 2. The fourth-order valence-corrected chi connectivity index (χ4v) is 4.29. The molecule has 3 aromatic carbocycles. The predicted molar refractivity (Wildman–Crippen MR) is 131 cm³/mol. The van der Waals surface area contributed by atoms with Gasteiger partial charge < -0.3 is 15.0 Å². The Morgan fingerprint density at radius 1 is 0.944 bits per heavy atom. The molecule has 0 bridgehead atoms. The Labute approximate surface area is 207 Å². The molecule has 0 radical (unpaired) electrons. The van der Waals surface area contributed by atoms with Crippen LogP contribution in [0, 0.1) is 0 Å². The molecule has 0 unspecified atom stereocenters. The second kappa shape index (κ2) is 10.8. The van der Waals surface area contributed by atoms with E-state index in [9.17, 15) is 22.8 Å². The van der Waals surface area contributed by atoms with Crippen LogP contribution >= 0.6 is 0 Å². The predicted octanol–water partition coefficient (Wildman–Crippen LogP) is 5.34. The molecule has 1 saturated heterocycles. The molecule has 0 spiro atoms. The van der Waals surface area contributed by atoms with Crippen LogP contribution in [0.3, 0.4) is 0 Å². The van der Waals surface area contributed by atoms with Crippen LogP contribution in [-0.4, -0.2) is 43.0 Å². The molecule has 3 aromatic rings. The lowest BCUT2D eigenvalue weighted by atomic mass is 10.0. The number of hydrogen-bond donors (Lipinski definition) is 1. The molecule has 1 heterocycles. The summed E-state index contributed by atoms with van der Waals surface area (Å²) < 4.78 is 43.3. The van der Waals surface area contributed by atoms with Gasteiger partial charge in [-0.2, -0.15) is 13.2 Å². The molecule has 36 heavy (non-hydrogen) atoms. The fourth-order valence-electron chi connectivity index (χ4n) is 4.29. The van der Waals surface area contributed by atoms with Crippen molar-refractivity contribution in [3.63, 3.8) is 0 Å². The van der Waals surface area contributed by atoms with E-state index in [0.29, 0.717) is 37.1 Å². The van der Waals surface area contributed by atoms with Gasteiger partial charge in [-0.15, -0.1) is 0 Å². The molecule has 0 atom stereocenters. The van der Waals surface area contributed by atoms with E-state index >= 15 is 0 Å². The second-order valence-corrected chi connectivity index (χ2v) is 8.81. The molecule has 0 aliphatic carbocycles. The van der Waals surface area contributed by atoms with Gasteiger partial charge in [0.05, 0.1) is 19.1 Å². The van der Waals surface area contributed by atoms with Gasteiger partial charge in [-0.25, -0.2) is 0 Å². The van der Waals surface area contributed by atoms with Crippen molar-refractivity contribution in [3.8, 4) is 16.9 Å².